The van der Waals surface area contributed by atoms with Crippen molar-refractivity contribution >= 4 is 40.5 Å². The summed E-state index contributed by atoms with van der Waals surface area (Å²) in [6.45, 7) is 2.01. The average Bonchev–Trinajstić information content (AvgIpc) is 3.41. The van der Waals surface area contributed by atoms with E-state index in [9.17, 15) is 9.90 Å². The lowest BCUT2D eigenvalue weighted by Gasteiger charge is -2.24. The summed E-state index contributed by atoms with van der Waals surface area (Å²) in [7, 11) is 0. The highest BCUT2D eigenvalue weighted by Crippen LogP contribution is 2.47. The van der Waals surface area contributed by atoms with Gasteiger partial charge >= 0.3 is 5.97 Å². The van der Waals surface area contributed by atoms with E-state index in [0.29, 0.717) is 10.8 Å². The number of hydrogen-bond acceptors (Lipinski definition) is 5. The predicted molar refractivity (Wildman–Crippen MR) is 140 cm³/mol. The van der Waals surface area contributed by atoms with Crippen LogP contribution >= 0.6 is 34.5 Å². The van der Waals surface area contributed by atoms with Crippen LogP contribution in [-0.2, 0) is 11.2 Å². The van der Waals surface area contributed by atoms with Crippen LogP contribution in [0.15, 0.2) is 36.4 Å². The number of carbonyl (C=O) groups excluding carboxylic acids is 1. The maximum absolute atomic E-state index is 11.9. The molecule has 0 aliphatic heterocycles. The van der Waals surface area contributed by atoms with Crippen molar-refractivity contribution in [1.29, 1.82) is 0 Å². The zero-order valence-electron chi connectivity index (χ0n) is 19.8. The van der Waals surface area contributed by atoms with E-state index in [-0.39, 0.29) is 35.9 Å². The van der Waals surface area contributed by atoms with Gasteiger partial charge in [-0.05, 0) is 61.3 Å². The molecule has 1 saturated carbocycles. The summed E-state index contributed by atoms with van der Waals surface area (Å²) < 4.78 is 4.99. The minimum atomic E-state index is -0.413. The Morgan fingerprint density at radius 1 is 1.12 bits per heavy atom. The number of benzene rings is 1. The first-order valence-electron chi connectivity index (χ1n) is 12.4. The molecule has 188 valence electrons. The van der Waals surface area contributed by atoms with Gasteiger partial charge in [0.15, 0.2) is 0 Å². The molecule has 7 heteroatoms. The number of ether oxygens (including phenoxy) is 1. The molecule has 4 nitrogen and oxygen atoms in total. The van der Waals surface area contributed by atoms with Gasteiger partial charge in [-0.25, -0.2) is 4.79 Å². The first-order valence-corrected chi connectivity index (χ1v) is 14.1. The van der Waals surface area contributed by atoms with Gasteiger partial charge in [-0.2, -0.15) is 0 Å². The number of hydrogen-bond donors (Lipinski definition) is 2. The van der Waals surface area contributed by atoms with Crippen LogP contribution in [0.2, 0.25) is 0 Å². The number of thiophene rings is 1. The van der Waals surface area contributed by atoms with Crippen LogP contribution in [0.4, 0.5) is 0 Å². The van der Waals surface area contributed by atoms with E-state index in [2.05, 4.69) is 19.1 Å². The third kappa shape index (κ3) is 7.44. The van der Waals surface area contributed by atoms with Crippen LogP contribution in [0.5, 0.6) is 0 Å². The zero-order valence-corrected chi connectivity index (χ0v) is 22.1. The Morgan fingerprint density at radius 3 is 2.59 bits per heavy atom. The van der Waals surface area contributed by atoms with Gasteiger partial charge in [0.05, 0.1) is 12.7 Å². The number of halogens is 2. The maximum atomic E-state index is 11.9. The smallest absolute Gasteiger partial charge is 0.348 e. The monoisotopic (exact) mass is 526 g/mol. The Kier molecular flexibility index (Phi) is 11.2. The van der Waals surface area contributed by atoms with E-state index in [1.54, 1.807) is 6.07 Å². The number of alkyl halides is 2. The lowest BCUT2D eigenvalue weighted by atomic mass is 9.84. The summed E-state index contributed by atoms with van der Waals surface area (Å²) in [6.07, 6.45) is 7.31. The minimum absolute atomic E-state index is 0.00228. The highest BCUT2D eigenvalue weighted by Gasteiger charge is 2.41. The topological polar surface area (TPSA) is 66.8 Å². The minimum Gasteiger partial charge on any atom is -0.459 e. The van der Waals surface area contributed by atoms with Crippen LogP contribution in [0, 0.1) is 5.92 Å². The number of aryl methyl sites for hydroxylation is 1. The van der Waals surface area contributed by atoms with Crippen molar-refractivity contribution in [2.45, 2.75) is 81.1 Å². The van der Waals surface area contributed by atoms with Crippen LogP contribution in [0.3, 0.4) is 0 Å². The van der Waals surface area contributed by atoms with Gasteiger partial charge in [-0.3, -0.25) is 0 Å². The second-order valence-electron chi connectivity index (χ2n) is 9.15. The van der Waals surface area contributed by atoms with Gasteiger partial charge in [0.1, 0.15) is 11.5 Å². The number of esters is 1. The Hall–Kier alpha value is -1.11. The van der Waals surface area contributed by atoms with Crippen molar-refractivity contribution in [2.24, 2.45) is 5.92 Å². The van der Waals surface area contributed by atoms with Gasteiger partial charge < -0.3 is 14.9 Å². The molecule has 2 aromatic rings. The number of carbonyl (C=O) groups is 1. The first kappa shape index (κ1) is 27.5. The van der Waals surface area contributed by atoms with E-state index in [1.165, 1.54) is 16.9 Å². The number of rotatable bonds is 13. The third-order valence-electron chi connectivity index (χ3n) is 6.70. The predicted octanol–water partition coefficient (Wildman–Crippen LogP) is 6.85. The highest BCUT2D eigenvalue weighted by atomic mass is 35.5. The van der Waals surface area contributed by atoms with Gasteiger partial charge in [0.25, 0.3) is 0 Å². The Morgan fingerprint density at radius 2 is 1.88 bits per heavy atom. The van der Waals surface area contributed by atoms with Crippen LogP contribution < -0.4 is 0 Å². The summed E-state index contributed by atoms with van der Waals surface area (Å²) in [5, 5.41) is 19.3. The lowest BCUT2D eigenvalue weighted by Crippen LogP contribution is -2.17. The number of aliphatic hydroxyl groups is 2. The van der Waals surface area contributed by atoms with E-state index in [4.69, 9.17) is 33.0 Å². The van der Waals surface area contributed by atoms with E-state index >= 15 is 0 Å². The zero-order chi connectivity index (χ0) is 24.5. The Bertz CT molecular complexity index is 885. The van der Waals surface area contributed by atoms with E-state index in [0.717, 1.165) is 61.8 Å². The summed E-state index contributed by atoms with van der Waals surface area (Å²) in [4.78, 5) is 13.6. The molecule has 4 unspecified atom stereocenters. The standard InChI is InChI=1S/C27H36Cl2O4S/c1-2-3-4-8-24(31)18-9-11-19(12-10-18)26-21(22(28)17-23(26)29)7-5-6-20-13-14-25(34-20)27(32)33-16-15-30/h9-14,21-24,26,30-31H,2-8,15-17H2,1H3/t21?,22?,23?,24?,26-/m1/s1. The van der Waals surface area contributed by atoms with Crippen molar-refractivity contribution in [3.8, 4) is 0 Å². The van der Waals surface area contributed by atoms with Crippen molar-refractivity contribution < 1.29 is 19.7 Å². The molecule has 0 bridgehead atoms. The first-order chi connectivity index (χ1) is 16.4. The molecule has 34 heavy (non-hydrogen) atoms. The number of aliphatic hydroxyl groups excluding tert-OH is 2. The van der Waals surface area contributed by atoms with Gasteiger partial charge in [0, 0.05) is 21.5 Å². The average molecular weight is 528 g/mol. The van der Waals surface area contributed by atoms with Crippen molar-refractivity contribution in [3.05, 3.63) is 57.3 Å². The summed E-state index contributed by atoms with van der Waals surface area (Å²) in [5.41, 5.74) is 2.16. The molecule has 0 amide bonds. The summed E-state index contributed by atoms with van der Waals surface area (Å²) in [6, 6.07) is 12.1. The van der Waals surface area contributed by atoms with Crippen molar-refractivity contribution in [3.63, 3.8) is 0 Å². The third-order valence-corrected chi connectivity index (χ3v) is 8.78. The fourth-order valence-corrected chi connectivity index (χ4v) is 6.92. The molecule has 1 aliphatic carbocycles. The molecule has 1 heterocycles. The second-order valence-corrected chi connectivity index (χ2v) is 11.4. The van der Waals surface area contributed by atoms with Gasteiger partial charge in [-0.15, -0.1) is 34.5 Å². The molecule has 1 aliphatic rings. The maximum Gasteiger partial charge on any atom is 0.348 e. The normalized spacial score (nSPS) is 23.2. The second kappa shape index (κ2) is 13.8. The molecule has 1 fully saturated rings. The number of unbranched alkanes of at least 4 members (excludes halogenated alkanes) is 2. The molecule has 3 rings (SSSR count). The van der Waals surface area contributed by atoms with Crippen LogP contribution in [-0.4, -0.2) is 40.2 Å². The van der Waals surface area contributed by atoms with Gasteiger partial charge in [-0.1, -0.05) is 50.5 Å². The van der Waals surface area contributed by atoms with Crippen LogP contribution in [0.1, 0.15) is 89.6 Å². The molecule has 0 spiro atoms. The Balaban J connectivity index is 1.57. The molecule has 1 aromatic heterocycles. The van der Waals surface area contributed by atoms with Crippen LogP contribution in [0.25, 0.3) is 0 Å². The molecule has 2 N–H and O–H groups in total. The Labute approximate surface area is 217 Å². The molecular weight excluding hydrogens is 491 g/mol. The van der Waals surface area contributed by atoms with E-state index < -0.39 is 6.10 Å². The summed E-state index contributed by atoms with van der Waals surface area (Å²) >= 11 is 15.0. The largest absolute Gasteiger partial charge is 0.459 e. The quantitative estimate of drug-likeness (QED) is 0.170. The summed E-state index contributed by atoms with van der Waals surface area (Å²) in [5.74, 6) is 0.104. The van der Waals surface area contributed by atoms with E-state index in [1.807, 2.05) is 18.2 Å². The fraction of sp³-hybridized carbons (Fsp3) is 0.593. The molecule has 0 saturated heterocycles. The molecule has 1 aromatic carbocycles. The molecule has 5 atom stereocenters. The SMILES string of the molecule is CCCCCC(O)c1ccc([C@H]2C(Cl)CC(Cl)C2CCCc2ccc(C(=O)OCCO)s2)cc1. The lowest BCUT2D eigenvalue weighted by molar-refractivity contribution is 0.0439. The molecular formula is C27H36Cl2O4S. The van der Waals surface area contributed by atoms with Crippen molar-refractivity contribution in [1.82, 2.24) is 0 Å². The van der Waals surface area contributed by atoms with Crippen molar-refractivity contribution in [2.75, 3.05) is 13.2 Å². The fourth-order valence-electron chi connectivity index (χ4n) is 4.88. The van der Waals surface area contributed by atoms with Gasteiger partial charge in [0.2, 0.25) is 0 Å². The highest BCUT2D eigenvalue weighted by molar-refractivity contribution is 7.13. The molecule has 0 radical (unpaired) electrons.